The van der Waals surface area contributed by atoms with Crippen LogP contribution in [-0.2, 0) is 10.2 Å². The van der Waals surface area contributed by atoms with E-state index in [-0.39, 0.29) is 11.3 Å². The van der Waals surface area contributed by atoms with Crippen LogP contribution in [0, 0.1) is 5.92 Å². The summed E-state index contributed by atoms with van der Waals surface area (Å²) < 4.78 is 0. The first-order chi connectivity index (χ1) is 8.69. The third-order valence-corrected chi connectivity index (χ3v) is 4.46. The smallest absolute Gasteiger partial charge is 0.228 e. The van der Waals surface area contributed by atoms with Crippen molar-refractivity contribution in [1.29, 1.82) is 0 Å². The largest absolute Gasteiger partial charge is 0.342 e. The normalized spacial score (nSPS) is 23.7. The Balaban J connectivity index is 1.62. The van der Waals surface area contributed by atoms with Gasteiger partial charge in [-0.3, -0.25) is 9.89 Å². The van der Waals surface area contributed by atoms with Crippen LogP contribution in [0.15, 0.2) is 12.3 Å². The van der Waals surface area contributed by atoms with Crippen molar-refractivity contribution < 1.29 is 4.79 Å². The topological polar surface area (TPSA) is 61.0 Å². The Kier molecular flexibility index (Phi) is 2.86. The molecule has 1 aromatic rings. The molecular formula is C13H20N4O. The Morgan fingerprint density at radius 2 is 2.17 bits per heavy atom. The number of likely N-dealkylation sites (tertiary alicyclic amines) is 1. The maximum atomic E-state index is 12.1. The van der Waals surface area contributed by atoms with E-state index in [1.807, 2.05) is 11.0 Å². The molecule has 0 spiro atoms. The van der Waals surface area contributed by atoms with Crippen molar-refractivity contribution in [2.45, 2.75) is 25.2 Å². The Morgan fingerprint density at radius 3 is 2.67 bits per heavy atom. The lowest BCUT2D eigenvalue weighted by Crippen LogP contribution is -2.54. The monoisotopic (exact) mass is 248 g/mol. The predicted molar refractivity (Wildman–Crippen MR) is 68.1 cm³/mol. The summed E-state index contributed by atoms with van der Waals surface area (Å²) in [6, 6.07) is 2.05. The Labute approximate surface area is 107 Å². The van der Waals surface area contributed by atoms with Crippen LogP contribution in [-0.4, -0.2) is 47.2 Å². The van der Waals surface area contributed by atoms with Crippen molar-refractivity contribution in [3.63, 3.8) is 0 Å². The molecule has 0 bridgehead atoms. The fourth-order valence-corrected chi connectivity index (χ4v) is 2.80. The first kappa shape index (κ1) is 11.7. The average Bonchev–Trinajstić information content (AvgIpc) is 2.81. The lowest BCUT2D eigenvalue weighted by molar-refractivity contribution is -0.138. The molecule has 1 amide bonds. The highest BCUT2D eigenvalue weighted by atomic mass is 16.2. The SMILES string of the molecule is CC1(c2ccn[nH]2)CCN(C(=O)C2CNC2)CC1. The Bertz CT molecular complexity index is 416. The molecule has 5 nitrogen and oxygen atoms in total. The molecule has 5 heteroatoms. The lowest BCUT2D eigenvalue weighted by atomic mass is 9.77. The zero-order valence-corrected chi connectivity index (χ0v) is 10.8. The van der Waals surface area contributed by atoms with Gasteiger partial charge in [0.1, 0.15) is 0 Å². The summed E-state index contributed by atoms with van der Waals surface area (Å²) in [6.07, 6.45) is 3.83. The Hall–Kier alpha value is -1.36. The molecule has 2 N–H and O–H groups in total. The Morgan fingerprint density at radius 1 is 1.44 bits per heavy atom. The summed E-state index contributed by atoms with van der Waals surface area (Å²) in [4.78, 5) is 14.2. The molecular weight excluding hydrogens is 228 g/mol. The molecule has 0 radical (unpaired) electrons. The van der Waals surface area contributed by atoms with Gasteiger partial charge in [0.25, 0.3) is 0 Å². The van der Waals surface area contributed by atoms with Gasteiger partial charge in [-0.1, -0.05) is 6.92 Å². The second kappa shape index (κ2) is 4.39. The molecule has 0 unspecified atom stereocenters. The van der Waals surface area contributed by atoms with E-state index in [9.17, 15) is 4.79 Å². The van der Waals surface area contributed by atoms with Gasteiger partial charge in [-0.25, -0.2) is 0 Å². The van der Waals surface area contributed by atoms with E-state index in [1.165, 1.54) is 5.69 Å². The summed E-state index contributed by atoms with van der Waals surface area (Å²) in [7, 11) is 0. The number of H-pyrrole nitrogens is 1. The van der Waals surface area contributed by atoms with Crippen LogP contribution in [0.1, 0.15) is 25.5 Å². The molecule has 1 aromatic heterocycles. The second-order valence-corrected chi connectivity index (χ2v) is 5.71. The van der Waals surface area contributed by atoms with E-state index in [4.69, 9.17) is 0 Å². The summed E-state index contributed by atoms with van der Waals surface area (Å²) in [5.41, 5.74) is 1.34. The van der Waals surface area contributed by atoms with Crippen LogP contribution in [0.3, 0.4) is 0 Å². The van der Waals surface area contributed by atoms with Gasteiger partial charge < -0.3 is 10.2 Å². The number of amides is 1. The number of piperidine rings is 1. The summed E-state index contributed by atoms with van der Waals surface area (Å²) in [5, 5.41) is 10.3. The predicted octanol–water partition coefficient (Wildman–Crippen LogP) is 0.509. The molecule has 3 rings (SSSR count). The number of aromatic amines is 1. The van der Waals surface area contributed by atoms with Crippen LogP contribution in [0.2, 0.25) is 0 Å². The van der Waals surface area contributed by atoms with Gasteiger partial charge in [0.05, 0.1) is 5.92 Å². The number of carbonyl (C=O) groups is 1. The van der Waals surface area contributed by atoms with E-state index in [2.05, 4.69) is 22.4 Å². The second-order valence-electron chi connectivity index (χ2n) is 5.71. The fraction of sp³-hybridized carbons (Fsp3) is 0.692. The minimum Gasteiger partial charge on any atom is -0.342 e. The van der Waals surface area contributed by atoms with E-state index < -0.39 is 0 Å². The molecule has 2 fully saturated rings. The van der Waals surface area contributed by atoms with Crippen LogP contribution in [0.5, 0.6) is 0 Å². The van der Waals surface area contributed by atoms with E-state index in [0.717, 1.165) is 39.0 Å². The van der Waals surface area contributed by atoms with Gasteiger partial charge in [0.2, 0.25) is 5.91 Å². The van der Waals surface area contributed by atoms with Crippen molar-refractivity contribution in [2.75, 3.05) is 26.2 Å². The number of nitrogens with zero attached hydrogens (tertiary/aromatic N) is 2. The van der Waals surface area contributed by atoms with Gasteiger partial charge in [0.15, 0.2) is 0 Å². The average molecular weight is 248 g/mol. The highest BCUT2D eigenvalue weighted by molar-refractivity contribution is 5.80. The number of aromatic nitrogens is 2. The van der Waals surface area contributed by atoms with E-state index >= 15 is 0 Å². The van der Waals surface area contributed by atoms with Gasteiger partial charge in [0, 0.05) is 43.5 Å². The van der Waals surface area contributed by atoms with Crippen molar-refractivity contribution in [2.24, 2.45) is 5.92 Å². The van der Waals surface area contributed by atoms with Crippen LogP contribution in [0.25, 0.3) is 0 Å². The maximum Gasteiger partial charge on any atom is 0.228 e. The number of hydrogen-bond acceptors (Lipinski definition) is 3. The van der Waals surface area contributed by atoms with E-state index in [0.29, 0.717) is 5.91 Å². The van der Waals surface area contributed by atoms with E-state index in [1.54, 1.807) is 6.20 Å². The molecule has 98 valence electrons. The molecule has 0 atom stereocenters. The molecule has 0 aromatic carbocycles. The molecule has 18 heavy (non-hydrogen) atoms. The minimum atomic E-state index is 0.144. The zero-order valence-electron chi connectivity index (χ0n) is 10.8. The first-order valence-corrected chi connectivity index (χ1v) is 6.68. The highest BCUT2D eigenvalue weighted by Gasteiger charge is 2.37. The maximum absolute atomic E-state index is 12.1. The number of carbonyl (C=O) groups excluding carboxylic acids is 1. The molecule has 2 aliphatic rings. The third-order valence-electron chi connectivity index (χ3n) is 4.46. The summed E-state index contributed by atoms with van der Waals surface area (Å²) >= 11 is 0. The van der Waals surface area contributed by atoms with Gasteiger partial charge in [-0.05, 0) is 18.9 Å². The zero-order chi connectivity index (χ0) is 12.6. The van der Waals surface area contributed by atoms with Crippen molar-refractivity contribution >= 4 is 5.91 Å². The molecule has 3 heterocycles. The number of hydrogen-bond donors (Lipinski definition) is 2. The number of rotatable bonds is 2. The lowest BCUT2D eigenvalue weighted by Gasteiger charge is -2.41. The van der Waals surface area contributed by atoms with Crippen molar-refractivity contribution in [1.82, 2.24) is 20.4 Å². The summed E-state index contributed by atoms with van der Waals surface area (Å²) in [6.45, 7) is 5.70. The van der Waals surface area contributed by atoms with Crippen molar-refractivity contribution in [3.8, 4) is 0 Å². The quantitative estimate of drug-likeness (QED) is 0.801. The molecule has 0 saturated carbocycles. The van der Waals surface area contributed by atoms with Gasteiger partial charge >= 0.3 is 0 Å². The van der Waals surface area contributed by atoms with Gasteiger partial charge in [-0.15, -0.1) is 0 Å². The minimum absolute atomic E-state index is 0.144. The number of nitrogens with one attached hydrogen (secondary N) is 2. The van der Waals surface area contributed by atoms with Crippen molar-refractivity contribution in [3.05, 3.63) is 18.0 Å². The molecule has 2 saturated heterocycles. The first-order valence-electron chi connectivity index (χ1n) is 6.68. The van der Waals surface area contributed by atoms with Crippen LogP contribution < -0.4 is 5.32 Å². The van der Waals surface area contributed by atoms with Crippen LogP contribution >= 0.6 is 0 Å². The fourth-order valence-electron chi connectivity index (χ4n) is 2.80. The van der Waals surface area contributed by atoms with Crippen LogP contribution in [0.4, 0.5) is 0 Å². The third kappa shape index (κ3) is 1.92. The standard InChI is InChI=1S/C13H20N4O/c1-13(11-2-5-15-16-11)3-6-17(7-4-13)12(18)10-8-14-9-10/h2,5,10,14H,3-4,6-9H2,1H3,(H,15,16). The molecule has 0 aliphatic carbocycles. The van der Waals surface area contributed by atoms with Gasteiger partial charge in [-0.2, -0.15) is 5.10 Å². The molecule has 2 aliphatic heterocycles. The summed E-state index contributed by atoms with van der Waals surface area (Å²) in [5.74, 6) is 0.557. The highest BCUT2D eigenvalue weighted by Crippen LogP contribution is 2.34.